The van der Waals surface area contributed by atoms with Crippen LogP contribution >= 0.6 is 0 Å². The standard InChI is InChI=1S/C34H41N5O4/c1-23(25-10-6-5-7-11-25)37-18-20-38(21-19-37)29-13-8-12-27-32(29)34(41)39(33(27)40)28(14-9-17-36-24(2)35)26-15-16-30(42-3)31(22-26)43-4/h5-8,10-13,15-16,22-23,28H,9,14,17-21H2,1-4H3,(H2,35,36)/t23-,28?/m1/s1. The number of carbonyl (C=O) groups is 2. The van der Waals surface area contributed by atoms with Crippen LogP contribution in [0.1, 0.15) is 70.6 Å². The molecule has 3 aromatic carbocycles. The van der Waals surface area contributed by atoms with Crippen molar-refractivity contribution in [2.45, 2.75) is 38.8 Å². The second-order valence-corrected chi connectivity index (χ2v) is 11.1. The van der Waals surface area contributed by atoms with Gasteiger partial charge in [-0.3, -0.25) is 24.4 Å². The minimum Gasteiger partial charge on any atom is -0.493 e. The van der Waals surface area contributed by atoms with Gasteiger partial charge >= 0.3 is 0 Å². The summed E-state index contributed by atoms with van der Waals surface area (Å²) in [5.74, 6) is 1.08. The Morgan fingerprint density at radius 3 is 2.28 bits per heavy atom. The van der Waals surface area contributed by atoms with Crippen LogP contribution in [0.4, 0.5) is 5.69 Å². The fourth-order valence-electron chi connectivity index (χ4n) is 6.17. The summed E-state index contributed by atoms with van der Waals surface area (Å²) in [5, 5.41) is 0. The molecule has 0 spiro atoms. The maximum atomic E-state index is 14.2. The van der Waals surface area contributed by atoms with Crippen molar-refractivity contribution in [1.82, 2.24) is 9.80 Å². The molecule has 1 saturated heterocycles. The second kappa shape index (κ2) is 13.3. The molecule has 0 aliphatic carbocycles. The molecule has 0 aromatic heterocycles. The van der Waals surface area contributed by atoms with Crippen LogP contribution in [0, 0.1) is 0 Å². The Morgan fingerprint density at radius 1 is 0.884 bits per heavy atom. The Bertz CT molecular complexity index is 1480. The van der Waals surface area contributed by atoms with Crippen molar-refractivity contribution < 1.29 is 19.1 Å². The Morgan fingerprint density at radius 2 is 1.60 bits per heavy atom. The number of nitrogens with two attached hydrogens (primary N) is 1. The first-order valence-electron chi connectivity index (χ1n) is 14.9. The van der Waals surface area contributed by atoms with Crippen LogP contribution < -0.4 is 20.1 Å². The smallest absolute Gasteiger partial charge is 0.264 e. The van der Waals surface area contributed by atoms with E-state index in [1.165, 1.54) is 10.5 Å². The molecule has 9 nitrogen and oxygen atoms in total. The molecule has 0 saturated carbocycles. The van der Waals surface area contributed by atoms with Gasteiger partial charge < -0.3 is 20.1 Å². The number of ether oxygens (including phenoxy) is 2. The third-order valence-electron chi connectivity index (χ3n) is 8.51. The van der Waals surface area contributed by atoms with Gasteiger partial charge in [-0.15, -0.1) is 0 Å². The molecule has 226 valence electrons. The largest absolute Gasteiger partial charge is 0.493 e. The van der Waals surface area contributed by atoms with E-state index in [1.807, 2.05) is 36.4 Å². The van der Waals surface area contributed by atoms with Crippen molar-refractivity contribution in [3.8, 4) is 11.5 Å². The van der Waals surface area contributed by atoms with Gasteiger partial charge in [-0.1, -0.05) is 42.5 Å². The number of aliphatic imine (C=N–C) groups is 1. The molecular formula is C34H41N5O4. The molecular weight excluding hydrogens is 542 g/mol. The highest BCUT2D eigenvalue weighted by atomic mass is 16.5. The molecule has 2 aliphatic rings. The fraction of sp³-hybridized carbons (Fsp3) is 0.382. The molecule has 2 amide bonds. The van der Waals surface area contributed by atoms with Gasteiger partial charge in [0, 0.05) is 38.8 Å². The van der Waals surface area contributed by atoms with Crippen LogP contribution in [-0.2, 0) is 0 Å². The van der Waals surface area contributed by atoms with E-state index >= 15 is 0 Å². The average molecular weight is 584 g/mol. The SMILES string of the molecule is COc1ccc(C(CCCN=C(C)N)N2C(=O)c3cccc(N4CCN([C@H](C)c5ccccc5)CC4)c3C2=O)cc1OC. The number of piperazine rings is 1. The summed E-state index contributed by atoms with van der Waals surface area (Å²) >= 11 is 0. The van der Waals surface area contributed by atoms with Gasteiger partial charge in [0.2, 0.25) is 0 Å². The van der Waals surface area contributed by atoms with E-state index in [1.54, 1.807) is 27.2 Å². The lowest BCUT2D eigenvalue weighted by Crippen LogP contribution is -2.47. The lowest BCUT2D eigenvalue weighted by atomic mass is 9.99. The zero-order valence-electron chi connectivity index (χ0n) is 25.5. The number of nitrogens with zero attached hydrogens (tertiary/aromatic N) is 4. The number of amidine groups is 1. The van der Waals surface area contributed by atoms with Crippen LogP contribution in [0.3, 0.4) is 0 Å². The first-order valence-corrected chi connectivity index (χ1v) is 14.9. The number of carbonyl (C=O) groups excluding carboxylic acids is 2. The van der Waals surface area contributed by atoms with Gasteiger partial charge in [-0.25, -0.2) is 0 Å². The molecule has 2 heterocycles. The molecule has 2 atom stereocenters. The van der Waals surface area contributed by atoms with E-state index in [9.17, 15) is 9.59 Å². The van der Waals surface area contributed by atoms with E-state index in [2.05, 4.69) is 46.0 Å². The van der Waals surface area contributed by atoms with Gasteiger partial charge in [-0.05, 0) is 62.1 Å². The highest BCUT2D eigenvalue weighted by Gasteiger charge is 2.43. The van der Waals surface area contributed by atoms with Crippen molar-refractivity contribution >= 4 is 23.3 Å². The van der Waals surface area contributed by atoms with Crippen LogP contribution in [0.5, 0.6) is 11.5 Å². The molecule has 3 aromatic rings. The summed E-state index contributed by atoms with van der Waals surface area (Å²) in [7, 11) is 3.15. The zero-order valence-corrected chi connectivity index (χ0v) is 25.5. The molecule has 1 unspecified atom stereocenters. The summed E-state index contributed by atoms with van der Waals surface area (Å²) in [4.78, 5) is 38.6. The van der Waals surface area contributed by atoms with E-state index in [0.717, 1.165) is 37.4 Å². The summed E-state index contributed by atoms with van der Waals surface area (Å²) in [6.45, 7) is 7.75. The number of fused-ring (bicyclic) bond motifs is 1. The molecule has 43 heavy (non-hydrogen) atoms. The molecule has 5 rings (SSSR count). The quantitative estimate of drug-likeness (QED) is 0.145. The Balaban J connectivity index is 1.41. The fourth-order valence-corrected chi connectivity index (χ4v) is 6.17. The van der Waals surface area contributed by atoms with Crippen molar-refractivity contribution in [2.24, 2.45) is 10.7 Å². The Kier molecular flexibility index (Phi) is 9.31. The summed E-state index contributed by atoms with van der Waals surface area (Å²) in [6, 6.07) is 21.5. The Hall–Kier alpha value is -4.37. The van der Waals surface area contributed by atoms with Crippen molar-refractivity contribution in [3.63, 3.8) is 0 Å². The molecule has 0 bridgehead atoms. The van der Waals surface area contributed by atoms with Crippen molar-refractivity contribution in [3.05, 3.63) is 89.0 Å². The van der Waals surface area contributed by atoms with Gasteiger partial charge in [-0.2, -0.15) is 0 Å². The molecule has 0 radical (unpaired) electrons. The zero-order chi connectivity index (χ0) is 30.5. The number of imide groups is 1. The third kappa shape index (κ3) is 6.22. The van der Waals surface area contributed by atoms with E-state index in [4.69, 9.17) is 15.2 Å². The maximum Gasteiger partial charge on any atom is 0.264 e. The van der Waals surface area contributed by atoms with Crippen LogP contribution in [0.15, 0.2) is 71.7 Å². The third-order valence-corrected chi connectivity index (χ3v) is 8.51. The van der Waals surface area contributed by atoms with Crippen LogP contribution in [0.2, 0.25) is 0 Å². The number of methoxy groups -OCH3 is 2. The first kappa shape index (κ1) is 30.1. The van der Waals surface area contributed by atoms with Gasteiger partial charge in [0.15, 0.2) is 11.5 Å². The summed E-state index contributed by atoms with van der Waals surface area (Å²) in [6.07, 6.45) is 1.18. The summed E-state index contributed by atoms with van der Waals surface area (Å²) < 4.78 is 11.0. The lowest BCUT2D eigenvalue weighted by molar-refractivity contribution is 0.0572. The minimum absolute atomic E-state index is 0.269. The topological polar surface area (TPSA) is 101 Å². The first-order chi connectivity index (χ1) is 20.8. The second-order valence-electron chi connectivity index (χ2n) is 11.1. The lowest BCUT2D eigenvalue weighted by Gasteiger charge is -2.39. The number of rotatable bonds is 11. The van der Waals surface area contributed by atoms with E-state index in [0.29, 0.717) is 53.9 Å². The number of benzene rings is 3. The highest BCUT2D eigenvalue weighted by molar-refractivity contribution is 6.24. The predicted octanol–water partition coefficient (Wildman–Crippen LogP) is 5.08. The number of amides is 2. The molecule has 1 fully saturated rings. The highest BCUT2D eigenvalue weighted by Crippen LogP contribution is 2.40. The van der Waals surface area contributed by atoms with Crippen LogP contribution in [-0.4, -0.2) is 74.4 Å². The van der Waals surface area contributed by atoms with Crippen molar-refractivity contribution in [2.75, 3.05) is 51.8 Å². The average Bonchev–Trinajstić information content (AvgIpc) is 3.30. The molecule has 2 N–H and O–H groups in total. The number of hydrogen-bond acceptors (Lipinski definition) is 7. The molecule has 9 heteroatoms. The maximum absolute atomic E-state index is 14.2. The van der Waals surface area contributed by atoms with Gasteiger partial charge in [0.05, 0.1) is 42.9 Å². The monoisotopic (exact) mass is 583 g/mol. The normalized spacial score (nSPS) is 17.2. The predicted molar refractivity (Wildman–Crippen MR) is 169 cm³/mol. The minimum atomic E-state index is -0.503. The Labute approximate surface area is 253 Å². The van der Waals surface area contributed by atoms with Gasteiger partial charge in [0.1, 0.15) is 0 Å². The number of anilines is 1. The number of hydrogen-bond donors (Lipinski definition) is 1. The van der Waals surface area contributed by atoms with E-state index < -0.39 is 6.04 Å². The molecule has 2 aliphatic heterocycles. The van der Waals surface area contributed by atoms with Gasteiger partial charge in [0.25, 0.3) is 11.8 Å². The van der Waals surface area contributed by atoms with E-state index in [-0.39, 0.29) is 11.8 Å². The van der Waals surface area contributed by atoms with Crippen LogP contribution in [0.25, 0.3) is 0 Å². The van der Waals surface area contributed by atoms with Crippen molar-refractivity contribution in [1.29, 1.82) is 0 Å². The summed E-state index contributed by atoms with van der Waals surface area (Å²) in [5.41, 5.74) is 9.59.